The molecule has 4 rings (SSSR count). The molecule has 1 aliphatic rings. The molecule has 0 bridgehead atoms. The van der Waals surface area contributed by atoms with E-state index >= 15 is 0 Å². The van der Waals surface area contributed by atoms with Crippen LogP contribution in [0.5, 0.6) is 5.75 Å². The minimum atomic E-state index is -0.427. The molecule has 1 N–H and O–H groups in total. The van der Waals surface area contributed by atoms with Gasteiger partial charge in [0.15, 0.2) is 0 Å². The molecule has 6 heteroatoms. The second kappa shape index (κ2) is 7.69. The van der Waals surface area contributed by atoms with E-state index in [0.29, 0.717) is 39.8 Å². The Morgan fingerprint density at radius 1 is 1.21 bits per heavy atom. The van der Waals surface area contributed by atoms with Crippen LogP contribution in [0.25, 0.3) is 21.7 Å². The van der Waals surface area contributed by atoms with Crippen molar-refractivity contribution in [3.63, 3.8) is 0 Å². The molecule has 0 spiro atoms. The van der Waals surface area contributed by atoms with Gasteiger partial charge in [0.1, 0.15) is 22.7 Å². The summed E-state index contributed by atoms with van der Waals surface area (Å²) in [4.78, 5) is 15.0. The first kappa shape index (κ1) is 19.7. The van der Waals surface area contributed by atoms with Gasteiger partial charge in [-0.3, -0.25) is 4.90 Å². The SMILES string of the molecule is CCOC(=O)c1c(C)oc2c1c(CN1C[C@@H](C)O[C@@H](C)C1)c(O)c1ccccc12. The molecule has 0 aliphatic carbocycles. The Labute approximate surface area is 170 Å². The van der Waals surface area contributed by atoms with E-state index in [2.05, 4.69) is 4.90 Å². The molecular formula is C23H27NO5. The van der Waals surface area contributed by atoms with E-state index in [4.69, 9.17) is 13.9 Å². The van der Waals surface area contributed by atoms with Gasteiger partial charge in [0, 0.05) is 41.4 Å². The molecule has 0 saturated carbocycles. The van der Waals surface area contributed by atoms with E-state index in [1.54, 1.807) is 13.8 Å². The molecule has 29 heavy (non-hydrogen) atoms. The van der Waals surface area contributed by atoms with Crippen molar-refractivity contribution in [2.24, 2.45) is 0 Å². The Kier molecular flexibility index (Phi) is 5.23. The van der Waals surface area contributed by atoms with Crippen LogP contribution in [-0.4, -0.2) is 47.9 Å². The molecule has 1 saturated heterocycles. The maximum absolute atomic E-state index is 12.7. The third-order valence-electron chi connectivity index (χ3n) is 5.46. The molecule has 3 aromatic rings. The summed E-state index contributed by atoms with van der Waals surface area (Å²) >= 11 is 0. The zero-order valence-electron chi connectivity index (χ0n) is 17.3. The van der Waals surface area contributed by atoms with Crippen LogP contribution >= 0.6 is 0 Å². The Hall–Kier alpha value is -2.57. The normalized spacial score (nSPS) is 20.4. The molecule has 0 amide bonds. The molecular weight excluding hydrogens is 370 g/mol. The van der Waals surface area contributed by atoms with E-state index in [-0.39, 0.29) is 24.6 Å². The summed E-state index contributed by atoms with van der Waals surface area (Å²) in [5, 5.41) is 13.3. The van der Waals surface area contributed by atoms with Gasteiger partial charge in [-0.2, -0.15) is 0 Å². The number of ether oxygens (including phenoxy) is 2. The van der Waals surface area contributed by atoms with Gasteiger partial charge in [-0.15, -0.1) is 0 Å². The van der Waals surface area contributed by atoms with Crippen LogP contribution < -0.4 is 0 Å². The van der Waals surface area contributed by atoms with Gasteiger partial charge in [-0.05, 0) is 27.7 Å². The van der Waals surface area contributed by atoms with Gasteiger partial charge in [-0.25, -0.2) is 4.79 Å². The second-order valence-electron chi connectivity index (χ2n) is 7.78. The van der Waals surface area contributed by atoms with Crippen LogP contribution in [0.4, 0.5) is 0 Å². The van der Waals surface area contributed by atoms with Gasteiger partial charge in [-0.1, -0.05) is 24.3 Å². The zero-order valence-corrected chi connectivity index (χ0v) is 17.3. The average Bonchev–Trinajstić information content (AvgIpc) is 3.02. The number of aromatic hydroxyl groups is 1. The predicted molar refractivity (Wildman–Crippen MR) is 111 cm³/mol. The lowest BCUT2D eigenvalue weighted by molar-refractivity contribution is -0.0705. The molecule has 154 valence electrons. The molecule has 2 aromatic carbocycles. The van der Waals surface area contributed by atoms with Crippen molar-refractivity contribution >= 4 is 27.7 Å². The molecule has 6 nitrogen and oxygen atoms in total. The number of furan rings is 1. The van der Waals surface area contributed by atoms with E-state index in [0.717, 1.165) is 18.5 Å². The number of morpholine rings is 1. The van der Waals surface area contributed by atoms with Gasteiger partial charge in [0.2, 0.25) is 0 Å². The monoisotopic (exact) mass is 397 g/mol. The maximum Gasteiger partial charge on any atom is 0.342 e. The van der Waals surface area contributed by atoms with Gasteiger partial charge in [0.05, 0.1) is 18.8 Å². The summed E-state index contributed by atoms with van der Waals surface area (Å²) in [5.41, 5.74) is 1.70. The fourth-order valence-corrected chi connectivity index (χ4v) is 4.43. The number of carbonyl (C=O) groups is 1. The highest BCUT2D eigenvalue weighted by Crippen LogP contribution is 2.42. The number of aryl methyl sites for hydroxylation is 1. The largest absolute Gasteiger partial charge is 0.507 e. The second-order valence-corrected chi connectivity index (χ2v) is 7.78. The number of hydrogen-bond donors (Lipinski definition) is 1. The van der Waals surface area contributed by atoms with Crippen LogP contribution in [0.1, 0.15) is 42.5 Å². The highest BCUT2D eigenvalue weighted by Gasteiger charge is 2.29. The number of fused-ring (bicyclic) bond motifs is 3. The van der Waals surface area contributed by atoms with Crippen LogP contribution in [0.2, 0.25) is 0 Å². The minimum Gasteiger partial charge on any atom is -0.507 e. The number of hydrogen-bond acceptors (Lipinski definition) is 6. The van der Waals surface area contributed by atoms with Crippen molar-refractivity contribution in [3.8, 4) is 5.75 Å². The highest BCUT2D eigenvalue weighted by atomic mass is 16.5. The van der Waals surface area contributed by atoms with E-state index in [1.807, 2.05) is 38.1 Å². The topological polar surface area (TPSA) is 72.1 Å². The van der Waals surface area contributed by atoms with Crippen LogP contribution in [-0.2, 0) is 16.0 Å². The van der Waals surface area contributed by atoms with Crippen molar-refractivity contribution < 1.29 is 23.8 Å². The number of phenolic OH excluding ortho intramolecular Hbond substituents is 1. The molecule has 2 atom stereocenters. The first-order valence-electron chi connectivity index (χ1n) is 10.1. The van der Waals surface area contributed by atoms with Gasteiger partial charge >= 0.3 is 5.97 Å². The summed E-state index contributed by atoms with van der Waals surface area (Å²) in [5.74, 6) is 0.258. The van der Waals surface area contributed by atoms with Crippen molar-refractivity contribution in [2.75, 3.05) is 19.7 Å². The number of benzene rings is 2. The summed E-state index contributed by atoms with van der Waals surface area (Å²) in [6.45, 7) is 9.91. The first-order chi connectivity index (χ1) is 13.9. The fourth-order valence-electron chi connectivity index (χ4n) is 4.43. The van der Waals surface area contributed by atoms with Crippen molar-refractivity contribution in [1.82, 2.24) is 4.90 Å². The van der Waals surface area contributed by atoms with Crippen molar-refractivity contribution in [1.29, 1.82) is 0 Å². The van der Waals surface area contributed by atoms with Crippen molar-refractivity contribution in [2.45, 2.75) is 46.4 Å². The lowest BCUT2D eigenvalue weighted by Crippen LogP contribution is -2.44. The molecule has 0 radical (unpaired) electrons. The average molecular weight is 397 g/mol. The van der Waals surface area contributed by atoms with Gasteiger partial charge in [0.25, 0.3) is 0 Å². The van der Waals surface area contributed by atoms with Gasteiger partial charge < -0.3 is 19.0 Å². The Bertz CT molecular complexity index is 1060. The number of phenols is 1. The summed E-state index contributed by atoms with van der Waals surface area (Å²) in [6, 6.07) is 7.56. The number of carbonyl (C=O) groups excluding carboxylic acids is 1. The minimum absolute atomic E-state index is 0.104. The number of rotatable bonds is 4. The zero-order chi connectivity index (χ0) is 20.7. The lowest BCUT2D eigenvalue weighted by Gasteiger charge is -2.35. The van der Waals surface area contributed by atoms with E-state index in [1.165, 1.54) is 0 Å². The van der Waals surface area contributed by atoms with Crippen LogP contribution in [0.15, 0.2) is 28.7 Å². The molecule has 1 fully saturated rings. The van der Waals surface area contributed by atoms with E-state index < -0.39 is 5.97 Å². The summed E-state index contributed by atoms with van der Waals surface area (Å²) < 4.78 is 17.2. The standard InChI is InChI=1S/C23H27NO5/c1-5-27-23(26)19-15(4)29-22-17-9-7-6-8-16(17)21(25)18(20(19)22)12-24-10-13(2)28-14(3)11-24/h6-9,13-14,25H,5,10-12H2,1-4H3/t13-,14+. The number of nitrogens with zero attached hydrogens (tertiary/aromatic N) is 1. The van der Waals surface area contributed by atoms with E-state index in [9.17, 15) is 9.90 Å². The Morgan fingerprint density at radius 3 is 2.52 bits per heavy atom. The molecule has 1 aliphatic heterocycles. The smallest absolute Gasteiger partial charge is 0.342 e. The molecule has 2 heterocycles. The number of esters is 1. The molecule has 0 unspecified atom stereocenters. The summed E-state index contributed by atoms with van der Waals surface area (Å²) in [7, 11) is 0. The summed E-state index contributed by atoms with van der Waals surface area (Å²) in [6.07, 6.45) is 0.208. The quantitative estimate of drug-likeness (QED) is 0.659. The predicted octanol–water partition coefficient (Wildman–Crippen LogP) is 4.39. The Morgan fingerprint density at radius 2 is 1.86 bits per heavy atom. The third-order valence-corrected chi connectivity index (χ3v) is 5.46. The fraction of sp³-hybridized carbons (Fsp3) is 0.435. The third kappa shape index (κ3) is 3.47. The highest BCUT2D eigenvalue weighted by molar-refractivity contribution is 6.16. The van der Waals surface area contributed by atoms with Crippen LogP contribution in [0.3, 0.4) is 0 Å². The Balaban J connectivity index is 1.95. The van der Waals surface area contributed by atoms with Crippen LogP contribution in [0, 0.1) is 6.92 Å². The van der Waals surface area contributed by atoms with Crippen molar-refractivity contribution in [3.05, 3.63) is 41.2 Å². The first-order valence-corrected chi connectivity index (χ1v) is 10.1. The maximum atomic E-state index is 12.7. The lowest BCUT2D eigenvalue weighted by atomic mass is 9.97. The molecule has 1 aromatic heterocycles.